The van der Waals surface area contributed by atoms with Crippen LogP contribution >= 0.6 is 12.2 Å². The SMILES string of the molecule is CC(=O)Nc1ccc(NC(=S)N2CCCCCC2C)cc1. The van der Waals surface area contributed by atoms with E-state index < -0.39 is 0 Å². The lowest BCUT2D eigenvalue weighted by molar-refractivity contribution is -0.114. The summed E-state index contributed by atoms with van der Waals surface area (Å²) >= 11 is 5.54. The van der Waals surface area contributed by atoms with Gasteiger partial charge >= 0.3 is 0 Å². The molecule has 0 spiro atoms. The van der Waals surface area contributed by atoms with Gasteiger partial charge in [-0.3, -0.25) is 4.79 Å². The molecule has 0 saturated carbocycles. The van der Waals surface area contributed by atoms with Gasteiger partial charge in [0.1, 0.15) is 0 Å². The molecule has 1 saturated heterocycles. The Morgan fingerprint density at radius 3 is 2.38 bits per heavy atom. The van der Waals surface area contributed by atoms with Crippen LogP contribution < -0.4 is 10.6 Å². The normalized spacial score (nSPS) is 18.8. The average molecular weight is 305 g/mol. The Hall–Kier alpha value is -1.62. The van der Waals surface area contributed by atoms with Crippen molar-refractivity contribution in [1.29, 1.82) is 0 Å². The second kappa shape index (κ2) is 7.41. The van der Waals surface area contributed by atoms with Crippen LogP contribution in [0.2, 0.25) is 0 Å². The molecule has 1 fully saturated rings. The highest BCUT2D eigenvalue weighted by atomic mass is 32.1. The van der Waals surface area contributed by atoms with E-state index in [1.54, 1.807) is 0 Å². The zero-order chi connectivity index (χ0) is 15.2. The molecule has 1 aliphatic rings. The third kappa shape index (κ3) is 4.70. The van der Waals surface area contributed by atoms with Gasteiger partial charge < -0.3 is 15.5 Å². The number of carbonyl (C=O) groups excluding carboxylic acids is 1. The minimum atomic E-state index is -0.0652. The van der Waals surface area contributed by atoms with Gasteiger partial charge in [0, 0.05) is 30.9 Å². The average Bonchev–Trinajstić information content (AvgIpc) is 2.65. The quantitative estimate of drug-likeness (QED) is 0.819. The van der Waals surface area contributed by atoms with E-state index in [9.17, 15) is 4.79 Å². The molecule has 2 rings (SSSR count). The number of thiocarbonyl (C=S) groups is 1. The van der Waals surface area contributed by atoms with E-state index in [1.165, 1.54) is 32.6 Å². The Balaban J connectivity index is 1.96. The van der Waals surface area contributed by atoms with Gasteiger partial charge in [-0.25, -0.2) is 0 Å². The van der Waals surface area contributed by atoms with Crippen LogP contribution in [0.5, 0.6) is 0 Å². The highest BCUT2D eigenvalue weighted by molar-refractivity contribution is 7.80. The standard InChI is InChI=1S/C16H23N3OS/c1-12-6-4-3-5-11-19(12)16(21)18-15-9-7-14(8-10-15)17-13(2)20/h7-10,12H,3-6,11H2,1-2H3,(H,17,20)(H,18,21). The zero-order valence-corrected chi connectivity index (χ0v) is 13.5. The molecule has 0 aliphatic carbocycles. The van der Waals surface area contributed by atoms with Gasteiger partial charge in [0.05, 0.1) is 0 Å². The van der Waals surface area contributed by atoms with Gasteiger partial charge in [-0.15, -0.1) is 0 Å². The van der Waals surface area contributed by atoms with Crippen molar-refractivity contribution in [3.63, 3.8) is 0 Å². The highest BCUT2D eigenvalue weighted by Crippen LogP contribution is 2.19. The fourth-order valence-corrected chi connectivity index (χ4v) is 3.00. The molecule has 1 aromatic carbocycles. The molecule has 0 bridgehead atoms. The number of benzene rings is 1. The van der Waals surface area contributed by atoms with Crippen molar-refractivity contribution in [1.82, 2.24) is 4.90 Å². The van der Waals surface area contributed by atoms with E-state index in [2.05, 4.69) is 22.5 Å². The summed E-state index contributed by atoms with van der Waals surface area (Å²) in [7, 11) is 0. The molecule has 1 atom stereocenters. The van der Waals surface area contributed by atoms with E-state index in [0.717, 1.165) is 23.0 Å². The molecule has 1 amide bonds. The van der Waals surface area contributed by atoms with Crippen molar-refractivity contribution < 1.29 is 4.79 Å². The van der Waals surface area contributed by atoms with Gasteiger partial charge in [0.25, 0.3) is 0 Å². The summed E-state index contributed by atoms with van der Waals surface area (Å²) in [4.78, 5) is 13.3. The number of nitrogens with zero attached hydrogens (tertiary/aromatic N) is 1. The Morgan fingerprint density at radius 2 is 1.76 bits per heavy atom. The van der Waals surface area contributed by atoms with E-state index in [4.69, 9.17) is 12.2 Å². The molecule has 1 aliphatic heterocycles. The number of nitrogens with one attached hydrogen (secondary N) is 2. The summed E-state index contributed by atoms with van der Waals surface area (Å²) in [5.74, 6) is -0.0652. The van der Waals surface area contributed by atoms with Crippen LogP contribution in [-0.4, -0.2) is 28.5 Å². The molecule has 114 valence electrons. The Bertz CT molecular complexity index is 501. The third-order valence-electron chi connectivity index (χ3n) is 3.77. The number of rotatable bonds is 2. The molecule has 0 radical (unpaired) electrons. The van der Waals surface area contributed by atoms with E-state index >= 15 is 0 Å². The van der Waals surface area contributed by atoms with Gasteiger partial charge in [0.15, 0.2) is 5.11 Å². The first kappa shape index (κ1) is 15.8. The van der Waals surface area contributed by atoms with Crippen LogP contribution in [0.15, 0.2) is 24.3 Å². The first-order valence-corrected chi connectivity index (χ1v) is 7.92. The van der Waals surface area contributed by atoms with E-state index in [1.807, 2.05) is 24.3 Å². The second-order valence-corrected chi connectivity index (χ2v) is 5.97. The molecule has 21 heavy (non-hydrogen) atoms. The Kier molecular flexibility index (Phi) is 5.56. The molecular formula is C16H23N3OS. The lowest BCUT2D eigenvalue weighted by Gasteiger charge is -2.30. The molecule has 0 aromatic heterocycles. The summed E-state index contributed by atoms with van der Waals surface area (Å²) < 4.78 is 0. The Labute approximate surface area is 131 Å². The first-order valence-electron chi connectivity index (χ1n) is 7.51. The third-order valence-corrected chi connectivity index (χ3v) is 4.11. The van der Waals surface area contributed by atoms with Crippen molar-refractivity contribution in [2.75, 3.05) is 17.2 Å². The number of anilines is 2. The van der Waals surface area contributed by atoms with Gasteiger partial charge in [-0.1, -0.05) is 12.8 Å². The van der Waals surface area contributed by atoms with Crippen LogP contribution in [-0.2, 0) is 4.79 Å². The van der Waals surface area contributed by atoms with Crippen molar-refractivity contribution in [2.45, 2.75) is 45.6 Å². The molecular weight excluding hydrogens is 282 g/mol. The van der Waals surface area contributed by atoms with Crippen molar-refractivity contribution >= 4 is 34.6 Å². The summed E-state index contributed by atoms with van der Waals surface area (Å²) in [6, 6.07) is 8.10. The number of carbonyl (C=O) groups is 1. The minimum Gasteiger partial charge on any atom is -0.346 e. The fraction of sp³-hybridized carbons (Fsp3) is 0.500. The maximum Gasteiger partial charge on any atom is 0.221 e. The molecule has 4 nitrogen and oxygen atoms in total. The predicted octanol–water partition coefficient (Wildman–Crippen LogP) is 3.61. The molecule has 1 unspecified atom stereocenters. The lowest BCUT2D eigenvalue weighted by Crippen LogP contribution is -2.40. The van der Waals surface area contributed by atoms with Crippen LogP contribution in [0, 0.1) is 0 Å². The smallest absolute Gasteiger partial charge is 0.221 e. The highest BCUT2D eigenvalue weighted by Gasteiger charge is 2.19. The molecule has 1 aromatic rings. The van der Waals surface area contributed by atoms with Crippen LogP contribution in [0.4, 0.5) is 11.4 Å². The second-order valence-electron chi connectivity index (χ2n) is 5.58. The number of amides is 1. The van der Waals surface area contributed by atoms with Crippen LogP contribution in [0.3, 0.4) is 0 Å². The largest absolute Gasteiger partial charge is 0.346 e. The maximum absolute atomic E-state index is 11.0. The van der Waals surface area contributed by atoms with Gasteiger partial charge in [-0.2, -0.15) is 0 Å². The number of hydrogen-bond donors (Lipinski definition) is 2. The topological polar surface area (TPSA) is 44.4 Å². The summed E-state index contributed by atoms with van der Waals surface area (Å²) in [6.45, 7) is 4.76. The molecule has 1 heterocycles. The van der Waals surface area contributed by atoms with Crippen molar-refractivity contribution in [3.8, 4) is 0 Å². The predicted molar refractivity (Wildman–Crippen MR) is 91.6 cm³/mol. The number of hydrogen-bond acceptors (Lipinski definition) is 2. The maximum atomic E-state index is 11.0. The van der Waals surface area contributed by atoms with E-state index in [-0.39, 0.29) is 5.91 Å². The van der Waals surface area contributed by atoms with Gasteiger partial charge in [-0.05, 0) is 56.2 Å². The van der Waals surface area contributed by atoms with Crippen molar-refractivity contribution in [2.24, 2.45) is 0 Å². The number of likely N-dealkylation sites (tertiary alicyclic amines) is 1. The van der Waals surface area contributed by atoms with E-state index in [0.29, 0.717) is 6.04 Å². The minimum absolute atomic E-state index is 0.0652. The van der Waals surface area contributed by atoms with Gasteiger partial charge in [0.2, 0.25) is 5.91 Å². The van der Waals surface area contributed by atoms with Crippen LogP contribution in [0.25, 0.3) is 0 Å². The summed E-state index contributed by atoms with van der Waals surface area (Å²) in [6.07, 6.45) is 4.97. The summed E-state index contributed by atoms with van der Waals surface area (Å²) in [5.41, 5.74) is 1.74. The van der Waals surface area contributed by atoms with Crippen LogP contribution in [0.1, 0.15) is 39.5 Å². The molecule has 5 heteroatoms. The summed E-state index contributed by atoms with van der Waals surface area (Å²) in [5, 5.41) is 6.84. The monoisotopic (exact) mass is 305 g/mol. The molecule has 2 N–H and O–H groups in total. The Morgan fingerprint density at radius 1 is 1.14 bits per heavy atom. The van der Waals surface area contributed by atoms with Crippen molar-refractivity contribution in [3.05, 3.63) is 24.3 Å². The fourth-order valence-electron chi connectivity index (χ4n) is 2.61. The first-order chi connectivity index (χ1) is 10.1. The lowest BCUT2D eigenvalue weighted by atomic mass is 10.1. The zero-order valence-electron chi connectivity index (χ0n) is 12.7.